The molecule has 1 atom stereocenters. The average molecular weight is 274 g/mol. The lowest BCUT2D eigenvalue weighted by atomic mass is 9.89. The molecule has 2 rings (SSSR count). The van der Waals surface area contributed by atoms with Crippen molar-refractivity contribution in [1.29, 1.82) is 0 Å². The standard InChI is InChI=1S/C16H22N2O2/c1-3-4-7-10-17-16(20)13-11-15(19)18(2)14-9-6-5-8-12(13)14/h5-6,8-9,13H,3-4,7,10-11H2,1-2H3,(H,17,20). The fourth-order valence-electron chi connectivity index (χ4n) is 2.59. The number of rotatable bonds is 5. The van der Waals surface area contributed by atoms with Gasteiger partial charge in [0.1, 0.15) is 0 Å². The summed E-state index contributed by atoms with van der Waals surface area (Å²) in [4.78, 5) is 25.9. The minimum Gasteiger partial charge on any atom is -0.356 e. The third-order valence-corrected chi connectivity index (χ3v) is 3.82. The van der Waals surface area contributed by atoms with Crippen LogP contribution in [0.4, 0.5) is 5.69 Å². The highest BCUT2D eigenvalue weighted by Gasteiger charge is 2.33. The monoisotopic (exact) mass is 274 g/mol. The number of benzene rings is 1. The van der Waals surface area contributed by atoms with E-state index in [1.807, 2.05) is 24.3 Å². The van der Waals surface area contributed by atoms with Gasteiger partial charge >= 0.3 is 0 Å². The summed E-state index contributed by atoms with van der Waals surface area (Å²) in [5.74, 6) is -0.385. The third kappa shape index (κ3) is 3.00. The second-order valence-corrected chi connectivity index (χ2v) is 5.27. The van der Waals surface area contributed by atoms with Gasteiger partial charge in [0.15, 0.2) is 0 Å². The number of nitrogens with one attached hydrogen (secondary N) is 1. The number of anilines is 1. The van der Waals surface area contributed by atoms with E-state index < -0.39 is 0 Å². The highest BCUT2D eigenvalue weighted by atomic mass is 16.2. The van der Waals surface area contributed by atoms with Gasteiger partial charge in [-0.15, -0.1) is 0 Å². The molecule has 108 valence electrons. The number of fused-ring (bicyclic) bond motifs is 1. The van der Waals surface area contributed by atoms with Crippen LogP contribution in [-0.2, 0) is 9.59 Å². The smallest absolute Gasteiger partial charge is 0.228 e. The molecule has 4 heteroatoms. The topological polar surface area (TPSA) is 49.4 Å². The fourth-order valence-corrected chi connectivity index (χ4v) is 2.59. The van der Waals surface area contributed by atoms with Crippen molar-refractivity contribution in [3.63, 3.8) is 0 Å². The highest BCUT2D eigenvalue weighted by molar-refractivity contribution is 6.02. The zero-order valence-electron chi connectivity index (χ0n) is 12.2. The molecule has 0 spiro atoms. The van der Waals surface area contributed by atoms with E-state index in [4.69, 9.17) is 0 Å². The van der Waals surface area contributed by atoms with Gasteiger partial charge < -0.3 is 10.2 Å². The Hall–Kier alpha value is -1.84. The van der Waals surface area contributed by atoms with Crippen molar-refractivity contribution in [3.8, 4) is 0 Å². The Labute approximate surface area is 120 Å². The van der Waals surface area contributed by atoms with Gasteiger partial charge in [0.25, 0.3) is 0 Å². The molecule has 1 aromatic rings. The normalized spacial score (nSPS) is 17.8. The average Bonchev–Trinajstić information content (AvgIpc) is 2.47. The van der Waals surface area contributed by atoms with Crippen LogP contribution < -0.4 is 10.2 Å². The second kappa shape index (κ2) is 6.55. The lowest BCUT2D eigenvalue weighted by Gasteiger charge is -2.30. The maximum Gasteiger partial charge on any atom is 0.228 e. The summed E-state index contributed by atoms with van der Waals surface area (Å²) >= 11 is 0. The quantitative estimate of drug-likeness (QED) is 0.838. The zero-order chi connectivity index (χ0) is 14.5. The van der Waals surface area contributed by atoms with Crippen LogP contribution in [0.5, 0.6) is 0 Å². The fraction of sp³-hybridized carbons (Fsp3) is 0.500. The van der Waals surface area contributed by atoms with Crippen molar-refractivity contribution in [2.75, 3.05) is 18.5 Å². The molecule has 0 saturated carbocycles. The zero-order valence-corrected chi connectivity index (χ0v) is 12.2. The second-order valence-electron chi connectivity index (χ2n) is 5.27. The number of hydrogen-bond donors (Lipinski definition) is 1. The van der Waals surface area contributed by atoms with Crippen LogP contribution in [0.2, 0.25) is 0 Å². The summed E-state index contributed by atoms with van der Waals surface area (Å²) in [6.45, 7) is 2.82. The first-order valence-corrected chi connectivity index (χ1v) is 7.28. The molecular formula is C16H22N2O2. The number of carbonyl (C=O) groups is 2. The maximum atomic E-state index is 12.3. The molecule has 0 saturated heterocycles. The molecule has 2 amide bonds. The van der Waals surface area contributed by atoms with Gasteiger partial charge in [0.2, 0.25) is 11.8 Å². The van der Waals surface area contributed by atoms with Gasteiger partial charge in [-0.05, 0) is 18.1 Å². The molecule has 1 aliphatic rings. The number of hydrogen-bond acceptors (Lipinski definition) is 2. The Morgan fingerprint density at radius 3 is 2.85 bits per heavy atom. The molecule has 1 heterocycles. The highest BCUT2D eigenvalue weighted by Crippen LogP contribution is 2.34. The van der Waals surface area contributed by atoms with Crippen LogP contribution in [0, 0.1) is 0 Å². The van der Waals surface area contributed by atoms with E-state index in [0.29, 0.717) is 6.54 Å². The Balaban J connectivity index is 2.10. The van der Waals surface area contributed by atoms with E-state index in [2.05, 4.69) is 12.2 Å². The maximum absolute atomic E-state index is 12.3. The molecule has 1 unspecified atom stereocenters. The van der Waals surface area contributed by atoms with Gasteiger partial charge in [-0.3, -0.25) is 9.59 Å². The first-order chi connectivity index (χ1) is 9.65. The van der Waals surface area contributed by atoms with E-state index in [1.165, 1.54) is 0 Å². The Kier molecular flexibility index (Phi) is 4.77. The lowest BCUT2D eigenvalue weighted by Crippen LogP contribution is -2.39. The van der Waals surface area contributed by atoms with Crippen LogP contribution in [0.25, 0.3) is 0 Å². The van der Waals surface area contributed by atoms with Crippen molar-refractivity contribution >= 4 is 17.5 Å². The van der Waals surface area contributed by atoms with Gasteiger partial charge in [0, 0.05) is 25.7 Å². The van der Waals surface area contributed by atoms with Gasteiger partial charge in [0.05, 0.1) is 5.92 Å². The Morgan fingerprint density at radius 1 is 1.35 bits per heavy atom. The van der Waals surface area contributed by atoms with Crippen LogP contribution in [0.1, 0.15) is 44.1 Å². The van der Waals surface area contributed by atoms with E-state index in [-0.39, 0.29) is 24.2 Å². The molecule has 1 N–H and O–H groups in total. The Morgan fingerprint density at radius 2 is 2.10 bits per heavy atom. The van der Waals surface area contributed by atoms with Crippen LogP contribution in [0.3, 0.4) is 0 Å². The van der Waals surface area contributed by atoms with Crippen molar-refractivity contribution in [1.82, 2.24) is 5.32 Å². The molecule has 0 aromatic heterocycles. The van der Waals surface area contributed by atoms with E-state index in [9.17, 15) is 9.59 Å². The molecule has 4 nitrogen and oxygen atoms in total. The molecule has 20 heavy (non-hydrogen) atoms. The van der Waals surface area contributed by atoms with Crippen molar-refractivity contribution in [2.24, 2.45) is 0 Å². The molecular weight excluding hydrogens is 252 g/mol. The van der Waals surface area contributed by atoms with Gasteiger partial charge in [-0.1, -0.05) is 38.0 Å². The number of amides is 2. The molecule has 0 fully saturated rings. The molecule has 0 aliphatic carbocycles. The number of unbranched alkanes of at least 4 members (excludes halogenated alkanes) is 2. The predicted octanol–water partition coefficient (Wildman–Crippen LogP) is 2.44. The summed E-state index contributed by atoms with van der Waals surface area (Å²) in [7, 11) is 1.76. The first-order valence-electron chi connectivity index (χ1n) is 7.28. The summed E-state index contributed by atoms with van der Waals surface area (Å²) in [5, 5.41) is 2.95. The van der Waals surface area contributed by atoms with Gasteiger partial charge in [-0.2, -0.15) is 0 Å². The van der Waals surface area contributed by atoms with E-state index >= 15 is 0 Å². The number of nitrogens with zero attached hydrogens (tertiary/aromatic N) is 1. The number of carbonyl (C=O) groups excluding carboxylic acids is 2. The van der Waals surface area contributed by atoms with Crippen molar-refractivity contribution in [2.45, 2.75) is 38.5 Å². The minimum absolute atomic E-state index is 0.00240. The van der Waals surface area contributed by atoms with Gasteiger partial charge in [-0.25, -0.2) is 0 Å². The van der Waals surface area contributed by atoms with E-state index in [0.717, 1.165) is 30.5 Å². The summed E-state index contributed by atoms with van der Waals surface area (Å²) in [5.41, 5.74) is 1.79. The first kappa shape index (κ1) is 14.6. The summed E-state index contributed by atoms with van der Waals surface area (Å²) in [6.07, 6.45) is 3.49. The predicted molar refractivity (Wildman–Crippen MR) is 79.7 cm³/mol. The van der Waals surface area contributed by atoms with E-state index in [1.54, 1.807) is 11.9 Å². The van der Waals surface area contributed by atoms with Crippen molar-refractivity contribution in [3.05, 3.63) is 29.8 Å². The summed E-state index contributed by atoms with van der Waals surface area (Å²) < 4.78 is 0. The third-order valence-electron chi connectivity index (χ3n) is 3.82. The van der Waals surface area contributed by atoms with Crippen LogP contribution >= 0.6 is 0 Å². The van der Waals surface area contributed by atoms with Crippen molar-refractivity contribution < 1.29 is 9.59 Å². The molecule has 0 radical (unpaired) electrons. The Bertz CT molecular complexity index is 499. The van der Waals surface area contributed by atoms with Crippen LogP contribution in [-0.4, -0.2) is 25.4 Å². The minimum atomic E-state index is -0.350. The lowest BCUT2D eigenvalue weighted by molar-refractivity contribution is -0.127. The number of para-hydroxylation sites is 1. The van der Waals surface area contributed by atoms with Crippen LogP contribution in [0.15, 0.2) is 24.3 Å². The molecule has 1 aliphatic heterocycles. The summed E-state index contributed by atoms with van der Waals surface area (Å²) in [6, 6.07) is 7.64. The molecule has 0 bridgehead atoms. The SMILES string of the molecule is CCCCCNC(=O)C1CC(=O)N(C)c2ccccc21. The molecule has 1 aromatic carbocycles. The largest absolute Gasteiger partial charge is 0.356 e.